The number of benzene rings is 1. The third kappa shape index (κ3) is 3.08. The fourth-order valence-corrected chi connectivity index (χ4v) is 2.93. The highest BCUT2D eigenvalue weighted by Crippen LogP contribution is 2.25. The van der Waals surface area contributed by atoms with Gasteiger partial charge in [0.15, 0.2) is 0 Å². The van der Waals surface area contributed by atoms with Crippen molar-refractivity contribution in [2.45, 2.75) is 31.6 Å². The van der Waals surface area contributed by atoms with Gasteiger partial charge in [0, 0.05) is 10.7 Å². The molecule has 0 aliphatic heterocycles. The van der Waals surface area contributed by atoms with Crippen molar-refractivity contribution in [1.82, 2.24) is 4.98 Å². The third-order valence-electron chi connectivity index (χ3n) is 3.96. The molecule has 1 aromatic carbocycles. The number of fused-ring (bicyclic) bond motifs is 1. The summed E-state index contributed by atoms with van der Waals surface area (Å²) in [5.74, 6) is -1.45. The van der Waals surface area contributed by atoms with Gasteiger partial charge >= 0.3 is 5.97 Å². The van der Waals surface area contributed by atoms with Crippen LogP contribution in [0.25, 0.3) is 0 Å². The Morgan fingerprint density at radius 2 is 1.95 bits per heavy atom. The quantitative estimate of drug-likeness (QED) is 0.938. The Bertz CT molecular complexity index is 667. The first kappa shape index (κ1) is 14.1. The summed E-state index contributed by atoms with van der Waals surface area (Å²) in [6, 6.07) is 11.2. The average molecular weight is 302 g/mol. The third-order valence-corrected chi connectivity index (χ3v) is 4.21. The molecular weight excluding hydrogens is 286 g/mol. The molecular formula is C17H16ClNO2. The van der Waals surface area contributed by atoms with E-state index in [0.717, 1.165) is 30.5 Å². The zero-order valence-electron chi connectivity index (χ0n) is 11.6. The first-order chi connectivity index (χ1) is 10.1. The van der Waals surface area contributed by atoms with Crippen LogP contribution in [-0.4, -0.2) is 16.1 Å². The molecule has 1 heterocycles. The highest BCUT2D eigenvalue weighted by molar-refractivity contribution is 6.30. The van der Waals surface area contributed by atoms with Gasteiger partial charge in [0.25, 0.3) is 0 Å². The van der Waals surface area contributed by atoms with Crippen molar-refractivity contribution >= 4 is 17.6 Å². The van der Waals surface area contributed by atoms with E-state index in [1.807, 2.05) is 24.3 Å². The van der Waals surface area contributed by atoms with Crippen LogP contribution in [0.1, 0.15) is 34.9 Å². The van der Waals surface area contributed by atoms with Gasteiger partial charge in [-0.2, -0.15) is 0 Å². The number of aryl methyl sites for hydroxylation is 2. The predicted molar refractivity (Wildman–Crippen MR) is 81.8 cm³/mol. The normalized spacial score (nSPS) is 14.7. The van der Waals surface area contributed by atoms with Gasteiger partial charge < -0.3 is 5.11 Å². The minimum absolute atomic E-state index is 0.429. The van der Waals surface area contributed by atoms with E-state index in [4.69, 9.17) is 11.6 Å². The Balaban J connectivity index is 1.87. The smallest absolute Gasteiger partial charge is 0.312 e. The van der Waals surface area contributed by atoms with Crippen LogP contribution in [-0.2, 0) is 24.1 Å². The van der Waals surface area contributed by atoms with Crippen molar-refractivity contribution in [2.24, 2.45) is 0 Å². The van der Waals surface area contributed by atoms with Crippen LogP contribution in [0.2, 0.25) is 5.02 Å². The maximum atomic E-state index is 11.6. The minimum atomic E-state index is -0.838. The van der Waals surface area contributed by atoms with E-state index < -0.39 is 11.9 Å². The van der Waals surface area contributed by atoms with Crippen molar-refractivity contribution in [3.63, 3.8) is 0 Å². The second kappa shape index (κ2) is 5.86. The topological polar surface area (TPSA) is 50.2 Å². The highest BCUT2D eigenvalue weighted by Gasteiger charge is 2.23. The molecule has 1 unspecified atom stereocenters. The number of nitrogens with zero attached hydrogens (tertiary/aromatic N) is 1. The predicted octanol–water partition coefficient (Wildman–Crippen LogP) is 3.63. The maximum absolute atomic E-state index is 11.6. The van der Waals surface area contributed by atoms with Gasteiger partial charge in [-0.3, -0.25) is 9.78 Å². The average Bonchev–Trinajstić information content (AvgIpc) is 2.93. The molecule has 3 nitrogen and oxygen atoms in total. The summed E-state index contributed by atoms with van der Waals surface area (Å²) < 4.78 is 0. The molecule has 0 spiro atoms. The molecule has 108 valence electrons. The molecule has 3 rings (SSSR count). The van der Waals surface area contributed by atoms with Crippen LogP contribution in [0.4, 0.5) is 0 Å². The van der Waals surface area contributed by atoms with Crippen LogP contribution in [0, 0.1) is 0 Å². The Labute approximate surface area is 128 Å². The fourth-order valence-electron chi connectivity index (χ4n) is 2.81. The highest BCUT2D eigenvalue weighted by atomic mass is 35.5. The Morgan fingerprint density at radius 3 is 2.67 bits per heavy atom. The number of halogens is 1. The van der Waals surface area contributed by atoms with Gasteiger partial charge in [-0.1, -0.05) is 29.8 Å². The molecule has 0 radical (unpaired) electrons. The number of aliphatic carboxylic acids is 1. The number of carboxylic acids is 1. The van der Waals surface area contributed by atoms with E-state index >= 15 is 0 Å². The lowest BCUT2D eigenvalue weighted by Crippen LogP contribution is -2.16. The summed E-state index contributed by atoms with van der Waals surface area (Å²) in [7, 11) is 0. The van der Waals surface area contributed by atoms with Crippen LogP contribution in [0.15, 0.2) is 36.4 Å². The molecule has 0 bridgehead atoms. The zero-order valence-corrected chi connectivity index (χ0v) is 12.3. The number of hydrogen-bond acceptors (Lipinski definition) is 2. The summed E-state index contributed by atoms with van der Waals surface area (Å²) in [6.45, 7) is 0. The first-order valence-corrected chi connectivity index (χ1v) is 7.47. The van der Waals surface area contributed by atoms with Gasteiger partial charge in [0.2, 0.25) is 0 Å². The molecule has 2 aromatic rings. The summed E-state index contributed by atoms with van der Waals surface area (Å²) in [4.78, 5) is 16.2. The monoisotopic (exact) mass is 301 g/mol. The first-order valence-electron chi connectivity index (χ1n) is 7.09. The molecule has 1 aliphatic rings. The van der Waals surface area contributed by atoms with Gasteiger partial charge in [0.05, 0.1) is 5.69 Å². The Hall–Kier alpha value is -1.87. The van der Waals surface area contributed by atoms with Crippen LogP contribution >= 0.6 is 11.6 Å². The summed E-state index contributed by atoms with van der Waals surface area (Å²) in [5, 5.41) is 10.2. The minimum Gasteiger partial charge on any atom is -0.481 e. The molecule has 1 N–H and O–H groups in total. The number of hydrogen-bond donors (Lipinski definition) is 1. The molecule has 21 heavy (non-hydrogen) atoms. The van der Waals surface area contributed by atoms with Crippen molar-refractivity contribution in [3.8, 4) is 0 Å². The lowest BCUT2D eigenvalue weighted by Gasteiger charge is -2.13. The van der Waals surface area contributed by atoms with Crippen molar-refractivity contribution < 1.29 is 9.90 Å². The Morgan fingerprint density at radius 1 is 1.19 bits per heavy atom. The van der Waals surface area contributed by atoms with Gasteiger partial charge in [0.1, 0.15) is 5.92 Å². The molecule has 1 aliphatic carbocycles. The number of pyridine rings is 1. The number of carboxylic acid groups (broad SMARTS) is 1. The van der Waals surface area contributed by atoms with Crippen molar-refractivity contribution in [2.75, 3.05) is 0 Å². The standard InChI is InChI=1S/C17H16ClNO2/c18-13-7-4-11(5-8-13)10-14(17(20)21)16-9-6-12-2-1-3-15(12)19-16/h4-9,14H,1-3,10H2,(H,20,21). The van der Waals surface area contributed by atoms with E-state index in [9.17, 15) is 9.90 Å². The number of carbonyl (C=O) groups is 1. The van der Waals surface area contributed by atoms with Crippen LogP contribution < -0.4 is 0 Å². The molecule has 1 aromatic heterocycles. The molecule has 0 fully saturated rings. The number of rotatable bonds is 4. The van der Waals surface area contributed by atoms with Crippen molar-refractivity contribution in [1.29, 1.82) is 0 Å². The van der Waals surface area contributed by atoms with E-state index in [-0.39, 0.29) is 0 Å². The molecule has 0 amide bonds. The second-order valence-corrected chi connectivity index (χ2v) is 5.85. The van der Waals surface area contributed by atoms with Crippen LogP contribution in [0.3, 0.4) is 0 Å². The lowest BCUT2D eigenvalue weighted by atomic mass is 9.95. The second-order valence-electron chi connectivity index (χ2n) is 5.42. The van der Waals surface area contributed by atoms with Gasteiger partial charge in [-0.15, -0.1) is 0 Å². The fraction of sp³-hybridized carbons (Fsp3) is 0.294. The van der Waals surface area contributed by atoms with E-state index in [0.29, 0.717) is 17.1 Å². The van der Waals surface area contributed by atoms with E-state index in [2.05, 4.69) is 4.98 Å². The maximum Gasteiger partial charge on any atom is 0.312 e. The Kier molecular flexibility index (Phi) is 3.93. The lowest BCUT2D eigenvalue weighted by molar-refractivity contribution is -0.138. The van der Waals surface area contributed by atoms with E-state index in [1.165, 1.54) is 5.56 Å². The summed E-state index contributed by atoms with van der Waals surface area (Å²) in [6.07, 6.45) is 3.55. The zero-order chi connectivity index (χ0) is 14.8. The summed E-state index contributed by atoms with van der Waals surface area (Å²) in [5.41, 5.74) is 3.93. The van der Waals surface area contributed by atoms with E-state index in [1.54, 1.807) is 12.1 Å². The van der Waals surface area contributed by atoms with Crippen LogP contribution in [0.5, 0.6) is 0 Å². The largest absolute Gasteiger partial charge is 0.481 e. The SMILES string of the molecule is O=C(O)C(Cc1ccc(Cl)cc1)c1ccc2c(n1)CCC2. The molecule has 0 saturated heterocycles. The van der Waals surface area contributed by atoms with Gasteiger partial charge in [-0.25, -0.2) is 0 Å². The number of aromatic nitrogens is 1. The molecule has 4 heteroatoms. The molecule has 0 saturated carbocycles. The van der Waals surface area contributed by atoms with Crippen molar-refractivity contribution in [3.05, 3.63) is 63.9 Å². The van der Waals surface area contributed by atoms with Gasteiger partial charge in [-0.05, 0) is 55.0 Å². The molecule has 1 atom stereocenters. The summed E-state index contributed by atoms with van der Waals surface area (Å²) >= 11 is 5.86.